The highest BCUT2D eigenvalue weighted by atomic mass is 32.1. The summed E-state index contributed by atoms with van der Waals surface area (Å²) in [6.07, 6.45) is 0. The number of thiophene rings is 1. The van der Waals surface area contributed by atoms with Crippen LogP contribution in [0.25, 0.3) is 0 Å². The Balaban J connectivity index is 2.50. The van der Waals surface area contributed by atoms with Crippen LogP contribution in [0.5, 0.6) is 0 Å². The van der Waals surface area contributed by atoms with Crippen LogP contribution in [0.1, 0.15) is 24.2 Å². The number of carbonyl (C=O) groups is 2. The maximum absolute atomic E-state index is 11.6. The fourth-order valence-corrected chi connectivity index (χ4v) is 1.88. The molecule has 1 aromatic rings. The third-order valence-corrected chi connectivity index (χ3v) is 2.77. The van der Waals surface area contributed by atoms with Crippen LogP contribution < -0.4 is 10.6 Å². The second-order valence-electron chi connectivity index (χ2n) is 3.84. The van der Waals surface area contributed by atoms with Gasteiger partial charge in [0.1, 0.15) is 0 Å². The minimum atomic E-state index is -0.563. The Bertz CT molecular complexity index is 469. The van der Waals surface area contributed by atoms with Crippen molar-refractivity contribution in [3.63, 3.8) is 0 Å². The molecule has 1 aromatic heterocycles. The number of nitrogens with zero attached hydrogens (tertiary/aromatic N) is 1. The molecule has 0 radical (unpaired) electrons. The van der Waals surface area contributed by atoms with Crippen molar-refractivity contribution < 1.29 is 14.5 Å². The molecule has 0 aliphatic heterocycles. The number of nitrogens with one attached hydrogen (secondary N) is 2. The standard InChI is InChI=1S/C10H13N3O4S/c1-6(2)12-8(14)4-11-10(15)7-3-9(13(16)17)18-5-7/h3,5-6H,4H2,1-2H3,(H,11,15)(H,12,14). The fraction of sp³-hybridized carbons (Fsp3) is 0.400. The molecule has 0 unspecified atom stereocenters. The van der Waals surface area contributed by atoms with Gasteiger partial charge in [-0.15, -0.1) is 0 Å². The number of amides is 2. The molecular weight excluding hydrogens is 258 g/mol. The van der Waals surface area contributed by atoms with Crippen LogP contribution in [0, 0.1) is 10.1 Å². The Hall–Kier alpha value is -1.96. The molecule has 0 fully saturated rings. The van der Waals surface area contributed by atoms with Gasteiger partial charge in [0.25, 0.3) is 5.91 Å². The molecule has 0 saturated carbocycles. The molecule has 8 heteroatoms. The van der Waals surface area contributed by atoms with E-state index in [2.05, 4.69) is 10.6 Å². The van der Waals surface area contributed by atoms with E-state index >= 15 is 0 Å². The first-order valence-corrected chi connectivity index (χ1v) is 6.08. The number of rotatable bonds is 5. The molecule has 18 heavy (non-hydrogen) atoms. The molecule has 0 aromatic carbocycles. The number of hydrogen-bond acceptors (Lipinski definition) is 5. The van der Waals surface area contributed by atoms with E-state index in [0.29, 0.717) is 0 Å². The zero-order valence-electron chi connectivity index (χ0n) is 9.93. The van der Waals surface area contributed by atoms with Gasteiger partial charge in [0.15, 0.2) is 0 Å². The van der Waals surface area contributed by atoms with Crippen LogP contribution in [-0.2, 0) is 4.79 Å². The maximum Gasteiger partial charge on any atom is 0.324 e. The van der Waals surface area contributed by atoms with Crippen LogP contribution in [0.15, 0.2) is 11.4 Å². The Morgan fingerprint density at radius 3 is 2.67 bits per heavy atom. The zero-order valence-corrected chi connectivity index (χ0v) is 10.7. The van der Waals surface area contributed by atoms with Crippen molar-refractivity contribution in [3.8, 4) is 0 Å². The summed E-state index contributed by atoms with van der Waals surface area (Å²) >= 11 is 0.870. The van der Waals surface area contributed by atoms with Crippen LogP contribution in [0.3, 0.4) is 0 Å². The lowest BCUT2D eigenvalue weighted by molar-refractivity contribution is -0.380. The molecule has 0 atom stereocenters. The second kappa shape index (κ2) is 6.10. The predicted molar refractivity (Wildman–Crippen MR) is 66.6 cm³/mol. The first kappa shape index (κ1) is 14.1. The minimum absolute atomic E-state index is 0.00311. The fourth-order valence-electron chi connectivity index (χ4n) is 1.18. The molecular formula is C10H13N3O4S. The van der Waals surface area contributed by atoms with Crippen molar-refractivity contribution >= 4 is 28.2 Å². The monoisotopic (exact) mass is 271 g/mol. The van der Waals surface area contributed by atoms with Crippen LogP contribution in [0.2, 0.25) is 0 Å². The largest absolute Gasteiger partial charge is 0.352 e. The predicted octanol–water partition coefficient (Wildman–Crippen LogP) is 0.911. The molecule has 98 valence electrons. The quantitative estimate of drug-likeness (QED) is 0.614. The topological polar surface area (TPSA) is 101 Å². The van der Waals surface area contributed by atoms with E-state index in [-0.39, 0.29) is 29.1 Å². The first-order valence-electron chi connectivity index (χ1n) is 5.20. The van der Waals surface area contributed by atoms with Crippen molar-refractivity contribution in [1.82, 2.24) is 10.6 Å². The van der Waals surface area contributed by atoms with Gasteiger partial charge in [-0.05, 0) is 13.8 Å². The average molecular weight is 271 g/mol. The minimum Gasteiger partial charge on any atom is -0.352 e. The summed E-state index contributed by atoms with van der Waals surface area (Å²) in [7, 11) is 0. The van der Waals surface area contributed by atoms with Crippen molar-refractivity contribution in [3.05, 3.63) is 27.1 Å². The Morgan fingerprint density at radius 1 is 1.50 bits per heavy atom. The summed E-state index contributed by atoms with van der Waals surface area (Å²) in [5, 5.41) is 16.7. The average Bonchev–Trinajstić information content (AvgIpc) is 2.74. The van der Waals surface area contributed by atoms with Gasteiger partial charge in [0.2, 0.25) is 5.91 Å². The van der Waals surface area contributed by atoms with E-state index in [1.54, 1.807) is 0 Å². The number of carbonyl (C=O) groups excluding carboxylic acids is 2. The van der Waals surface area contributed by atoms with Gasteiger partial charge in [0.05, 0.1) is 17.0 Å². The number of hydrogen-bond donors (Lipinski definition) is 2. The van der Waals surface area contributed by atoms with E-state index in [1.165, 1.54) is 11.4 Å². The first-order chi connectivity index (χ1) is 8.40. The molecule has 0 bridgehead atoms. The van der Waals surface area contributed by atoms with Crippen molar-refractivity contribution in [2.75, 3.05) is 6.54 Å². The van der Waals surface area contributed by atoms with Crippen LogP contribution in [-0.4, -0.2) is 29.3 Å². The summed E-state index contributed by atoms with van der Waals surface area (Å²) in [6.45, 7) is 3.46. The normalized spacial score (nSPS) is 10.2. The van der Waals surface area contributed by atoms with E-state index in [9.17, 15) is 19.7 Å². The SMILES string of the molecule is CC(C)NC(=O)CNC(=O)c1csc([N+](=O)[O-])c1. The molecule has 0 aliphatic rings. The summed E-state index contributed by atoms with van der Waals surface area (Å²) in [5.74, 6) is -0.804. The van der Waals surface area contributed by atoms with Gasteiger partial charge in [0, 0.05) is 17.5 Å². The molecule has 0 aliphatic carbocycles. The van der Waals surface area contributed by atoms with Crippen LogP contribution in [0.4, 0.5) is 5.00 Å². The van der Waals surface area contributed by atoms with E-state index in [4.69, 9.17) is 0 Å². The molecule has 1 heterocycles. The molecule has 0 spiro atoms. The van der Waals surface area contributed by atoms with E-state index in [0.717, 1.165) is 11.3 Å². The van der Waals surface area contributed by atoms with Gasteiger partial charge in [-0.2, -0.15) is 0 Å². The van der Waals surface area contributed by atoms with Gasteiger partial charge in [-0.1, -0.05) is 11.3 Å². The zero-order chi connectivity index (χ0) is 13.7. The highest BCUT2D eigenvalue weighted by Crippen LogP contribution is 2.22. The smallest absolute Gasteiger partial charge is 0.324 e. The van der Waals surface area contributed by atoms with Gasteiger partial charge in [-0.3, -0.25) is 19.7 Å². The van der Waals surface area contributed by atoms with Gasteiger partial charge >= 0.3 is 5.00 Å². The molecule has 0 saturated heterocycles. The second-order valence-corrected chi connectivity index (χ2v) is 4.73. The number of nitro groups is 1. The Morgan fingerprint density at radius 2 is 2.17 bits per heavy atom. The van der Waals surface area contributed by atoms with Crippen molar-refractivity contribution in [2.45, 2.75) is 19.9 Å². The maximum atomic E-state index is 11.6. The summed E-state index contributed by atoms with van der Waals surface area (Å²) in [6, 6.07) is 1.18. The van der Waals surface area contributed by atoms with Gasteiger partial charge in [-0.25, -0.2) is 0 Å². The van der Waals surface area contributed by atoms with Crippen LogP contribution >= 0.6 is 11.3 Å². The van der Waals surface area contributed by atoms with E-state index in [1.807, 2.05) is 13.8 Å². The lowest BCUT2D eigenvalue weighted by Gasteiger charge is -2.08. The molecule has 1 rings (SSSR count). The van der Waals surface area contributed by atoms with Crippen molar-refractivity contribution in [2.24, 2.45) is 0 Å². The molecule has 2 amide bonds. The lowest BCUT2D eigenvalue weighted by Crippen LogP contribution is -2.39. The third kappa shape index (κ3) is 4.13. The Labute approximate surface area is 107 Å². The van der Waals surface area contributed by atoms with Gasteiger partial charge < -0.3 is 10.6 Å². The highest BCUT2D eigenvalue weighted by Gasteiger charge is 2.15. The lowest BCUT2D eigenvalue weighted by atomic mass is 10.3. The summed E-state index contributed by atoms with van der Waals surface area (Å²) in [4.78, 5) is 32.7. The van der Waals surface area contributed by atoms with Crippen molar-refractivity contribution in [1.29, 1.82) is 0 Å². The molecule has 7 nitrogen and oxygen atoms in total. The van der Waals surface area contributed by atoms with E-state index < -0.39 is 10.8 Å². The Kier molecular flexibility index (Phi) is 4.78. The summed E-state index contributed by atoms with van der Waals surface area (Å²) < 4.78 is 0. The molecule has 2 N–H and O–H groups in total. The highest BCUT2D eigenvalue weighted by molar-refractivity contribution is 7.13. The summed E-state index contributed by atoms with van der Waals surface area (Å²) in [5.41, 5.74) is 0.184. The third-order valence-electron chi connectivity index (χ3n) is 1.89.